The maximum Gasteiger partial charge on any atom is 0.0540 e. The van der Waals surface area contributed by atoms with E-state index in [1.54, 1.807) is 0 Å². The number of carbonyl (C=O) groups excluding carboxylic acids is 1. The molecule has 0 aliphatic heterocycles. The third kappa shape index (κ3) is 17.4. The SMILES string of the molecule is CCCCCC[C@@H](O)CCCCCCCCCCC(=O)[O-]. The number of carbonyl (C=O) groups is 1. The van der Waals surface area contributed by atoms with Gasteiger partial charge in [0.1, 0.15) is 0 Å². The molecule has 0 amide bonds. The number of rotatable bonds is 16. The number of hydrogen-bond donors (Lipinski definition) is 1. The van der Waals surface area contributed by atoms with Crippen LogP contribution in [-0.2, 0) is 4.79 Å². The monoisotopic (exact) mass is 299 g/mol. The molecule has 0 saturated heterocycles. The quantitative estimate of drug-likeness (QED) is 0.439. The third-order valence-electron chi connectivity index (χ3n) is 4.06. The maximum atomic E-state index is 10.2. The molecule has 21 heavy (non-hydrogen) atoms. The summed E-state index contributed by atoms with van der Waals surface area (Å²) >= 11 is 0. The molecule has 0 radical (unpaired) electrons. The van der Waals surface area contributed by atoms with E-state index in [4.69, 9.17) is 0 Å². The molecule has 0 fully saturated rings. The predicted molar refractivity (Wildman–Crippen MR) is 85.9 cm³/mol. The molecule has 0 aromatic rings. The van der Waals surface area contributed by atoms with E-state index in [1.807, 2.05) is 0 Å². The van der Waals surface area contributed by atoms with Crippen molar-refractivity contribution in [2.45, 2.75) is 109 Å². The zero-order chi connectivity index (χ0) is 15.8. The lowest BCUT2D eigenvalue weighted by Gasteiger charge is -2.10. The molecule has 0 saturated carbocycles. The van der Waals surface area contributed by atoms with Gasteiger partial charge in [0.2, 0.25) is 0 Å². The summed E-state index contributed by atoms with van der Waals surface area (Å²) in [6.45, 7) is 2.21. The number of aliphatic carboxylic acids is 1. The van der Waals surface area contributed by atoms with Crippen LogP contribution in [0.15, 0.2) is 0 Å². The fraction of sp³-hybridized carbons (Fsp3) is 0.944. The van der Waals surface area contributed by atoms with Crippen molar-refractivity contribution in [3.05, 3.63) is 0 Å². The summed E-state index contributed by atoms with van der Waals surface area (Å²) in [5, 5.41) is 20.1. The van der Waals surface area contributed by atoms with Crippen LogP contribution in [0.3, 0.4) is 0 Å². The summed E-state index contributed by atoms with van der Waals surface area (Å²) in [7, 11) is 0. The molecule has 1 N–H and O–H groups in total. The summed E-state index contributed by atoms with van der Waals surface area (Å²) in [6.07, 6.45) is 15.9. The Bertz CT molecular complexity index is 229. The first-order valence-corrected chi connectivity index (χ1v) is 9.04. The summed E-state index contributed by atoms with van der Waals surface area (Å²) in [5.74, 6) is -0.928. The molecule has 0 aliphatic rings. The summed E-state index contributed by atoms with van der Waals surface area (Å²) in [4.78, 5) is 10.2. The molecule has 0 bridgehead atoms. The van der Waals surface area contributed by atoms with E-state index in [0.29, 0.717) is 0 Å². The van der Waals surface area contributed by atoms with Gasteiger partial charge in [0.05, 0.1) is 6.10 Å². The minimum atomic E-state index is -0.928. The van der Waals surface area contributed by atoms with E-state index >= 15 is 0 Å². The van der Waals surface area contributed by atoms with Crippen LogP contribution in [-0.4, -0.2) is 17.2 Å². The Morgan fingerprint density at radius 2 is 1.24 bits per heavy atom. The Balaban J connectivity index is 3.12. The fourth-order valence-electron chi connectivity index (χ4n) is 2.66. The van der Waals surface area contributed by atoms with Gasteiger partial charge >= 0.3 is 0 Å². The molecule has 0 aromatic carbocycles. The highest BCUT2D eigenvalue weighted by Gasteiger charge is 2.03. The van der Waals surface area contributed by atoms with Crippen LogP contribution >= 0.6 is 0 Å². The molecule has 1 atom stereocenters. The molecule has 0 rings (SSSR count). The molecule has 0 unspecified atom stereocenters. The van der Waals surface area contributed by atoms with E-state index in [0.717, 1.165) is 38.5 Å². The number of aliphatic hydroxyl groups excluding tert-OH is 1. The lowest BCUT2D eigenvalue weighted by atomic mass is 10.0. The largest absolute Gasteiger partial charge is 0.550 e. The number of carboxylic acids is 1. The smallest absolute Gasteiger partial charge is 0.0540 e. The molecular formula is C18H35O3-. The van der Waals surface area contributed by atoms with Crippen molar-refractivity contribution in [2.75, 3.05) is 0 Å². The van der Waals surface area contributed by atoms with Crippen molar-refractivity contribution in [2.24, 2.45) is 0 Å². The average molecular weight is 299 g/mol. The maximum absolute atomic E-state index is 10.2. The van der Waals surface area contributed by atoms with Gasteiger partial charge in [-0.1, -0.05) is 77.6 Å². The van der Waals surface area contributed by atoms with Crippen LogP contribution in [0.2, 0.25) is 0 Å². The molecule has 0 aliphatic carbocycles. The van der Waals surface area contributed by atoms with E-state index in [2.05, 4.69) is 6.92 Å². The zero-order valence-corrected chi connectivity index (χ0v) is 13.9. The predicted octanol–water partition coefficient (Wildman–Crippen LogP) is 3.97. The molecular weight excluding hydrogens is 264 g/mol. The van der Waals surface area contributed by atoms with Gasteiger partial charge in [0, 0.05) is 5.97 Å². The minimum absolute atomic E-state index is 0.0912. The first-order valence-electron chi connectivity index (χ1n) is 9.04. The molecule has 126 valence electrons. The van der Waals surface area contributed by atoms with Crippen molar-refractivity contribution in [1.82, 2.24) is 0 Å². The number of aliphatic hydroxyl groups is 1. The van der Waals surface area contributed by atoms with Gasteiger partial charge in [-0.2, -0.15) is 0 Å². The minimum Gasteiger partial charge on any atom is -0.550 e. The third-order valence-corrected chi connectivity index (χ3v) is 4.06. The average Bonchev–Trinajstić information content (AvgIpc) is 2.45. The van der Waals surface area contributed by atoms with Crippen molar-refractivity contribution >= 4 is 5.97 Å². The Morgan fingerprint density at radius 3 is 1.71 bits per heavy atom. The van der Waals surface area contributed by atoms with Gasteiger partial charge in [-0.05, 0) is 25.7 Å². The van der Waals surface area contributed by atoms with Crippen LogP contribution in [0.5, 0.6) is 0 Å². The van der Waals surface area contributed by atoms with E-state index in [9.17, 15) is 15.0 Å². The van der Waals surface area contributed by atoms with E-state index in [-0.39, 0.29) is 12.5 Å². The van der Waals surface area contributed by atoms with Crippen molar-refractivity contribution < 1.29 is 15.0 Å². The first-order chi connectivity index (χ1) is 10.2. The Kier molecular flexibility index (Phi) is 15.4. The Morgan fingerprint density at radius 1 is 0.810 bits per heavy atom. The van der Waals surface area contributed by atoms with Crippen LogP contribution in [0.1, 0.15) is 103 Å². The molecule has 3 heteroatoms. The highest BCUT2D eigenvalue weighted by Crippen LogP contribution is 2.14. The summed E-state index contributed by atoms with van der Waals surface area (Å²) < 4.78 is 0. The standard InChI is InChI=1S/C18H36O3/c1-2-3-4-11-14-17(19)15-12-9-7-5-6-8-10-13-16-18(20)21/h17,19H,2-16H2,1H3,(H,20,21)/p-1/t17-/m1/s1. The fourth-order valence-corrected chi connectivity index (χ4v) is 2.66. The Labute approximate surface area is 131 Å². The normalized spacial score (nSPS) is 12.5. The number of unbranched alkanes of at least 4 members (excludes halogenated alkanes) is 10. The lowest BCUT2D eigenvalue weighted by molar-refractivity contribution is -0.305. The van der Waals surface area contributed by atoms with Gasteiger partial charge in [-0.3, -0.25) is 0 Å². The van der Waals surface area contributed by atoms with Crippen molar-refractivity contribution in [3.8, 4) is 0 Å². The Hall–Kier alpha value is -0.570. The van der Waals surface area contributed by atoms with Gasteiger partial charge in [-0.15, -0.1) is 0 Å². The zero-order valence-electron chi connectivity index (χ0n) is 13.9. The second kappa shape index (κ2) is 15.8. The topological polar surface area (TPSA) is 60.4 Å². The van der Waals surface area contributed by atoms with E-state index in [1.165, 1.54) is 51.4 Å². The van der Waals surface area contributed by atoms with Gasteiger partial charge in [0.25, 0.3) is 0 Å². The van der Waals surface area contributed by atoms with Crippen LogP contribution in [0, 0.1) is 0 Å². The molecule has 0 spiro atoms. The molecule has 0 heterocycles. The second-order valence-electron chi connectivity index (χ2n) is 6.24. The van der Waals surface area contributed by atoms with Crippen molar-refractivity contribution in [3.63, 3.8) is 0 Å². The summed E-state index contributed by atoms with van der Waals surface area (Å²) in [5.41, 5.74) is 0. The first kappa shape index (κ1) is 20.4. The molecule has 0 aromatic heterocycles. The van der Waals surface area contributed by atoms with Crippen LogP contribution in [0.25, 0.3) is 0 Å². The highest BCUT2D eigenvalue weighted by atomic mass is 16.4. The second-order valence-corrected chi connectivity index (χ2v) is 6.24. The number of carboxylic acid groups (broad SMARTS) is 1. The van der Waals surface area contributed by atoms with Gasteiger partial charge in [-0.25, -0.2) is 0 Å². The van der Waals surface area contributed by atoms with Gasteiger partial charge in [0.15, 0.2) is 0 Å². The lowest BCUT2D eigenvalue weighted by Crippen LogP contribution is -2.21. The molecule has 3 nitrogen and oxygen atoms in total. The van der Waals surface area contributed by atoms with E-state index < -0.39 is 5.97 Å². The van der Waals surface area contributed by atoms with Crippen LogP contribution < -0.4 is 5.11 Å². The summed E-state index contributed by atoms with van der Waals surface area (Å²) in [6, 6.07) is 0. The highest BCUT2D eigenvalue weighted by molar-refractivity contribution is 5.63. The van der Waals surface area contributed by atoms with Crippen LogP contribution in [0.4, 0.5) is 0 Å². The number of hydrogen-bond acceptors (Lipinski definition) is 3. The van der Waals surface area contributed by atoms with Gasteiger partial charge < -0.3 is 15.0 Å². The van der Waals surface area contributed by atoms with Crippen molar-refractivity contribution in [1.29, 1.82) is 0 Å².